The molecule has 1 fully saturated rings. The number of carbonyl (C=O) groups excluding carboxylic acids is 2. The van der Waals surface area contributed by atoms with Gasteiger partial charge in [0, 0.05) is 44.9 Å². The van der Waals surface area contributed by atoms with Crippen LogP contribution >= 0.6 is 0 Å². The smallest absolute Gasteiger partial charge is 0.417 e. The molecular formula is C20H18F3N5O3. The Balaban J connectivity index is 1.62. The van der Waals surface area contributed by atoms with Crippen molar-refractivity contribution in [3.63, 3.8) is 0 Å². The van der Waals surface area contributed by atoms with E-state index in [-0.39, 0.29) is 23.4 Å². The molecule has 0 spiro atoms. The number of aromatic nitrogens is 3. The maximum atomic E-state index is 12.7. The van der Waals surface area contributed by atoms with Gasteiger partial charge in [-0.3, -0.25) is 9.59 Å². The van der Waals surface area contributed by atoms with Crippen LogP contribution in [0.5, 0.6) is 11.6 Å². The number of hydrogen-bond acceptors (Lipinski definition) is 5. The predicted molar refractivity (Wildman–Crippen MR) is 104 cm³/mol. The molecule has 11 heteroatoms. The minimum atomic E-state index is -4.49. The quantitative estimate of drug-likeness (QED) is 0.682. The molecule has 1 aromatic carbocycles. The van der Waals surface area contributed by atoms with E-state index >= 15 is 0 Å². The van der Waals surface area contributed by atoms with Gasteiger partial charge in [-0.15, -0.1) is 0 Å². The Morgan fingerprint density at radius 1 is 1.23 bits per heavy atom. The van der Waals surface area contributed by atoms with E-state index in [4.69, 9.17) is 4.74 Å². The number of likely N-dealkylation sites (N-methyl/N-ethyl adjacent to an activating group) is 1. The number of pyridine rings is 1. The number of imidazole rings is 1. The zero-order valence-electron chi connectivity index (χ0n) is 16.6. The molecule has 8 nitrogen and oxygen atoms in total. The predicted octanol–water partition coefficient (Wildman–Crippen LogP) is 3.34. The highest BCUT2D eigenvalue weighted by atomic mass is 19.4. The molecule has 1 aliphatic rings. The number of likely N-dealkylation sites (tertiary alicyclic amines) is 1. The number of fused-ring (bicyclic) bond motifs is 1. The van der Waals surface area contributed by atoms with Crippen LogP contribution in [0.25, 0.3) is 11.0 Å². The normalized spacial score (nSPS) is 16.7. The minimum Gasteiger partial charge on any atom is -0.439 e. The van der Waals surface area contributed by atoms with Crippen LogP contribution in [0.2, 0.25) is 0 Å². The molecule has 2 aromatic heterocycles. The summed E-state index contributed by atoms with van der Waals surface area (Å²) < 4.78 is 45.5. The standard InChI is InChI=1S/C20H18F3N5O3/c1-27-10-25-18-13(26-19(30)14-4-6-17(29)28(14)2)7-12(8-15(18)27)31-16-5-3-11(9-24-16)20(21,22)23/h3,5,7-10,14H,4,6H2,1-2H3,(H,26,30)/t14-/m0/s1. The first-order valence-electron chi connectivity index (χ1n) is 9.36. The minimum absolute atomic E-state index is 0.0343. The lowest BCUT2D eigenvalue weighted by Crippen LogP contribution is -2.38. The van der Waals surface area contributed by atoms with E-state index in [1.165, 1.54) is 11.0 Å². The number of nitrogens with one attached hydrogen (secondary N) is 1. The Bertz CT molecular complexity index is 1160. The fourth-order valence-corrected chi connectivity index (χ4v) is 3.41. The zero-order chi connectivity index (χ0) is 22.3. The van der Waals surface area contributed by atoms with Crippen molar-refractivity contribution in [2.24, 2.45) is 7.05 Å². The van der Waals surface area contributed by atoms with E-state index in [0.29, 0.717) is 35.8 Å². The highest BCUT2D eigenvalue weighted by Gasteiger charge is 2.33. The summed E-state index contributed by atoms with van der Waals surface area (Å²) >= 11 is 0. The largest absolute Gasteiger partial charge is 0.439 e. The number of anilines is 1. The van der Waals surface area contributed by atoms with E-state index in [1.807, 2.05) is 0 Å². The SMILES string of the molecule is CN1C(=O)CC[C@H]1C(=O)Nc1cc(Oc2ccc(C(F)(F)F)cn2)cc2c1ncn2C. The van der Waals surface area contributed by atoms with Crippen LogP contribution in [0.3, 0.4) is 0 Å². The van der Waals surface area contributed by atoms with Crippen molar-refractivity contribution in [1.29, 1.82) is 0 Å². The third-order valence-electron chi connectivity index (χ3n) is 5.14. The summed E-state index contributed by atoms with van der Waals surface area (Å²) in [5, 5.41) is 2.79. The molecule has 1 aliphatic heterocycles. The fourth-order valence-electron chi connectivity index (χ4n) is 3.41. The number of amides is 2. The molecule has 3 heterocycles. The fraction of sp³-hybridized carbons (Fsp3) is 0.300. The van der Waals surface area contributed by atoms with E-state index in [1.54, 1.807) is 31.1 Å². The van der Waals surface area contributed by atoms with Gasteiger partial charge in [0.1, 0.15) is 17.3 Å². The molecule has 3 aromatic rings. The molecule has 4 rings (SSSR count). The van der Waals surface area contributed by atoms with Crippen molar-refractivity contribution in [2.75, 3.05) is 12.4 Å². The van der Waals surface area contributed by atoms with Crippen LogP contribution in [-0.4, -0.2) is 44.3 Å². The molecule has 0 saturated carbocycles. The van der Waals surface area contributed by atoms with Crippen molar-refractivity contribution in [2.45, 2.75) is 25.1 Å². The van der Waals surface area contributed by atoms with E-state index in [0.717, 1.165) is 12.1 Å². The van der Waals surface area contributed by atoms with Crippen LogP contribution in [0.4, 0.5) is 18.9 Å². The molecule has 2 amide bonds. The first-order valence-corrected chi connectivity index (χ1v) is 9.36. The topological polar surface area (TPSA) is 89.3 Å². The Kier molecular flexibility index (Phi) is 5.03. The van der Waals surface area contributed by atoms with Gasteiger partial charge >= 0.3 is 6.18 Å². The Hall–Kier alpha value is -3.63. The maximum Gasteiger partial charge on any atom is 0.417 e. The monoisotopic (exact) mass is 433 g/mol. The van der Waals surface area contributed by atoms with Gasteiger partial charge in [0.05, 0.1) is 23.1 Å². The number of benzene rings is 1. The van der Waals surface area contributed by atoms with Crippen molar-refractivity contribution in [1.82, 2.24) is 19.4 Å². The lowest BCUT2D eigenvalue weighted by molar-refractivity contribution is -0.137. The van der Waals surface area contributed by atoms with Crippen molar-refractivity contribution in [3.05, 3.63) is 42.4 Å². The first-order chi connectivity index (χ1) is 14.6. The summed E-state index contributed by atoms with van der Waals surface area (Å²) in [4.78, 5) is 33.9. The molecule has 0 unspecified atom stereocenters. The van der Waals surface area contributed by atoms with Gasteiger partial charge in [-0.2, -0.15) is 13.2 Å². The zero-order valence-corrected chi connectivity index (χ0v) is 16.6. The number of alkyl halides is 3. The summed E-state index contributed by atoms with van der Waals surface area (Å²) in [7, 11) is 3.33. The Morgan fingerprint density at radius 3 is 2.61 bits per heavy atom. The number of aryl methyl sites for hydroxylation is 1. The van der Waals surface area contributed by atoms with Gasteiger partial charge in [-0.1, -0.05) is 0 Å². The highest BCUT2D eigenvalue weighted by molar-refractivity contribution is 6.04. The second-order valence-electron chi connectivity index (χ2n) is 7.23. The number of halogens is 3. The van der Waals surface area contributed by atoms with Crippen molar-refractivity contribution < 1.29 is 27.5 Å². The van der Waals surface area contributed by atoms with Crippen LogP contribution in [0, 0.1) is 0 Å². The van der Waals surface area contributed by atoms with Gasteiger partial charge in [-0.05, 0) is 12.5 Å². The molecule has 0 aliphatic carbocycles. The van der Waals surface area contributed by atoms with Crippen molar-refractivity contribution >= 4 is 28.5 Å². The molecule has 1 atom stereocenters. The average molecular weight is 433 g/mol. The molecular weight excluding hydrogens is 415 g/mol. The van der Waals surface area contributed by atoms with Gasteiger partial charge in [-0.25, -0.2) is 9.97 Å². The van der Waals surface area contributed by atoms with Crippen LogP contribution in [0.15, 0.2) is 36.8 Å². The van der Waals surface area contributed by atoms with Crippen LogP contribution < -0.4 is 10.1 Å². The summed E-state index contributed by atoms with van der Waals surface area (Å²) in [6, 6.07) is 4.56. The highest BCUT2D eigenvalue weighted by Crippen LogP contribution is 2.33. The average Bonchev–Trinajstić information content (AvgIpc) is 3.24. The molecule has 1 N–H and O–H groups in total. The Morgan fingerprint density at radius 2 is 2.00 bits per heavy atom. The molecule has 0 bridgehead atoms. The molecule has 0 radical (unpaired) electrons. The lowest BCUT2D eigenvalue weighted by Gasteiger charge is -2.19. The number of carbonyl (C=O) groups is 2. The van der Waals surface area contributed by atoms with Gasteiger partial charge in [0.15, 0.2) is 0 Å². The summed E-state index contributed by atoms with van der Waals surface area (Å²) in [6.07, 6.45) is -1.53. The number of hydrogen-bond donors (Lipinski definition) is 1. The van der Waals surface area contributed by atoms with E-state index in [9.17, 15) is 22.8 Å². The number of ether oxygens (including phenoxy) is 1. The summed E-state index contributed by atoms with van der Waals surface area (Å²) in [6.45, 7) is 0. The number of nitrogens with zero attached hydrogens (tertiary/aromatic N) is 4. The van der Waals surface area contributed by atoms with Crippen molar-refractivity contribution in [3.8, 4) is 11.6 Å². The third-order valence-corrected chi connectivity index (χ3v) is 5.14. The van der Waals surface area contributed by atoms with Gasteiger partial charge in [0.25, 0.3) is 0 Å². The Labute approximate surface area is 174 Å². The van der Waals surface area contributed by atoms with E-state index < -0.39 is 17.8 Å². The van der Waals surface area contributed by atoms with E-state index in [2.05, 4.69) is 15.3 Å². The number of rotatable bonds is 4. The first kappa shape index (κ1) is 20.6. The maximum absolute atomic E-state index is 12.7. The van der Waals surface area contributed by atoms with Gasteiger partial charge < -0.3 is 19.5 Å². The van der Waals surface area contributed by atoms with Crippen LogP contribution in [0.1, 0.15) is 18.4 Å². The summed E-state index contributed by atoms with van der Waals surface area (Å²) in [5.74, 6) is -0.235. The molecule has 31 heavy (non-hydrogen) atoms. The second-order valence-corrected chi connectivity index (χ2v) is 7.23. The van der Waals surface area contributed by atoms with Crippen LogP contribution in [-0.2, 0) is 22.8 Å². The molecule has 1 saturated heterocycles. The molecule has 162 valence electrons. The second kappa shape index (κ2) is 7.56. The summed E-state index contributed by atoms with van der Waals surface area (Å²) in [5.41, 5.74) is 0.619. The van der Waals surface area contributed by atoms with Gasteiger partial charge in [0.2, 0.25) is 17.7 Å². The lowest BCUT2D eigenvalue weighted by atomic mass is 10.2. The third kappa shape index (κ3) is 4.03.